The Bertz CT molecular complexity index is 264. The lowest BCUT2D eigenvalue weighted by atomic mass is 10.3. The van der Waals surface area contributed by atoms with Gasteiger partial charge in [-0.2, -0.15) is 0 Å². The van der Waals surface area contributed by atoms with E-state index < -0.39 is 0 Å². The molecule has 3 N–H and O–H groups in total. The molecule has 0 heterocycles. The first-order valence-corrected chi connectivity index (χ1v) is 5.43. The molecule has 0 aromatic rings. The molecule has 0 unspecified atom stereocenters. The molecular formula is C10H19N3O3. The number of ether oxygens (including phenoxy) is 1. The summed E-state index contributed by atoms with van der Waals surface area (Å²) in [6, 6.07) is 0.343. The monoisotopic (exact) mass is 229 g/mol. The van der Waals surface area contributed by atoms with Gasteiger partial charge in [-0.05, 0) is 12.8 Å². The molecule has 0 saturated heterocycles. The van der Waals surface area contributed by atoms with Gasteiger partial charge in [0.15, 0.2) is 0 Å². The first-order chi connectivity index (χ1) is 7.69. The van der Waals surface area contributed by atoms with Gasteiger partial charge in [0, 0.05) is 26.1 Å². The molecule has 1 aliphatic rings. The zero-order valence-corrected chi connectivity index (χ0v) is 9.56. The van der Waals surface area contributed by atoms with Crippen molar-refractivity contribution in [2.24, 2.45) is 10.9 Å². The third-order valence-electron chi connectivity index (χ3n) is 2.57. The summed E-state index contributed by atoms with van der Waals surface area (Å²) in [4.78, 5) is 13.6. The van der Waals surface area contributed by atoms with Gasteiger partial charge in [0.1, 0.15) is 5.84 Å². The number of amidine groups is 1. The van der Waals surface area contributed by atoms with Crippen molar-refractivity contribution in [3.63, 3.8) is 0 Å². The summed E-state index contributed by atoms with van der Waals surface area (Å²) in [5.74, 6) is 0.236. The predicted octanol–water partition coefficient (Wildman–Crippen LogP) is 0.150. The number of rotatable bonds is 7. The summed E-state index contributed by atoms with van der Waals surface area (Å²) in [5.41, 5.74) is 5.38. The molecule has 0 radical (unpaired) electrons. The fourth-order valence-corrected chi connectivity index (χ4v) is 1.52. The summed E-state index contributed by atoms with van der Waals surface area (Å²) in [6.45, 7) is 0.953. The molecule has 92 valence electrons. The molecule has 1 amide bonds. The lowest BCUT2D eigenvalue weighted by Gasteiger charge is -2.22. The van der Waals surface area contributed by atoms with E-state index in [1.54, 1.807) is 12.0 Å². The van der Waals surface area contributed by atoms with Crippen molar-refractivity contribution in [1.29, 1.82) is 0 Å². The van der Waals surface area contributed by atoms with E-state index in [1.807, 2.05) is 0 Å². The van der Waals surface area contributed by atoms with Crippen molar-refractivity contribution in [2.75, 3.05) is 20.3 Å². The normalized spacial score (nSPS) is 16.2. The van der Waals surface area contributed by atoms with Gasteiger partial charge in [-0.15, -0.1) is 0 Å². The maximum Gasteiger partial charge on any atom is 0.225 e. The molecule has 6 heteroatoms. The van der Waals surface area contributed by atoms with Crippen LogP contribution in [-0.2, 0) is 9.53 Å². The number of nitrogens with two attached hydrogens (primary N) is 1. The third kappa shape index (κ3) is 4.06. The minimum atomic E-state index is 0.0788. The fourth-order valence-electron chi connectivity index (χ4n) is 1.52. The van der Waals surface area contributed by atoms with Crippen LogP contribution in [0.4, 0.5) is 0 Å². The Kier molecular flexibility index (Phi) is 5.04. The van der Waals surface area contributed by atoms with Gasteiger partial charge in [-0.1, -0.05) is 5.16 Å². The number of carbonyl (C=O) groups is 1. The van der Waals surface area contributed by atoms with Crippen molar-refractivity contribution in [2.45, 2.75) is 31.7 Å². The van der Waals surface area contributed by atoms with Crippen molar-refractivity contribution < 1.29 is 14.7 Å². The second-order valence-electron chi connectivity index (χ2n) is 3.90. The van der Waals surface area contributed by atoms with Crippen molar-refractivity contribution in [3.05, 3.63) is 0 Å². The zero-order chi connectivity index (χ0) is 12.0. The number of methoxy groups -OCH3 is 1. The van der Waals surface area contributed by atoms with Crippen molar-refractivity contribution >= 4 is 11.7 Å². The Morgan fingerprint density at radius 2 is 2.25 bits per heavy atom. The van der Waals surface area contributed by atoms with Crippen LogP contribution in [0.15, 0.2) is 5.16 Å². The number of oxime groups is 1. The minimum absolute atomic E-state index is 0.0788. The van der Waals surface area contributed by atoms with Crippen molar-refractivity contribution in [3.8, 4) is 0 Å². The summed E-state index contributed by atoms with van der Waals surface area (Å²) in [7, 11) is 1.57. The van der Waals surface area contributed by atoms with Crippen LogP contribution >= 0.6 is 0 Å². The van der Waals surface area contributed by atoms with Crippen LogP contribution in [-0.4, -0.2) is 48.2 Å². The summed E-state index contributed by atoms with van der Waals surface area (Å²) >= 11 is 0. The Morgan fingerprint density at radius 1 is 1.56 bits per heavy atom. The van der Waals surface area contributed by atoms with E-state index in [0.717, 1.165) is 12.8 Å². The average molecular weight is 229 g/mol. The standard InChI is InChI=1S/C10H19N3O3/c1-16-7-5-10(14)13(8-2-3-8)6-4-9(11)12-15/h8,15H,2-7H2,1H3,(H2,11,12). The predicted molar refractivity (Wildman–Crippen MR) is 59.3 cm³/mol. The highest BCUT2D eigenvalue weighted by atomic mass is 16.5. The van der Waals surface area contributed by atoms with Crippen molar-refractivity contribution in [1.82, 2.24) is 4.90 Å². The van der Waals surface area contributed by atoms with E-state index in [9.17, 15) is 4.79 Å². The maximum absolute atomic E-state index is 11.8. The number of hydrogen-bond acceptors (Lipinski definition) is 4. The fraction of sp³-hybridized carbons (Fsp3) is 0.800. The largest absolute Gasteiger partial charge is 0.409 e. The lowest BCUT2D eigenvalue weighted by Crippen LogP contribution is -2.36. The van der Waals surface area contributed by atoms with E-state index in [1.165, 1.54) is 0 Å². The van der Waals surface area contributed by atoms with Gasteiger partial charge >= 0.3 is 0 Å². The van der Waals surface area contributed by atoms with E-state index in [0.29, 0.717) is 32.0 Å². The van der Waals surface area contributed by atoms with Crippen LogP contribution < -0.4 is 5.73 Å². The summed E-state index contributed by atoms with van der Waals surface area (Å²) in [6.07, 6.45) is 2.90. The molecule has 0 aromatic heterocycles. The molecule has 6 nitrogen and oxygen atoms in total. The van der Waals surface area contributed by atoms with Gasteiger partial charge in [0.05, 0.1) is 13.0 Å². The SMILES string of the molecule is COCCC(=O)N(CCC(N)=NO)C1CC1. The number of nitrogens with zero attached hydrogens (tertiary/aromatic N) is 2. The smallest absolute Gasteiger partial charge is 0.225 e. The summed E-state index contributed by atoms with van der Waals surface area (Å²) < 4.78 is 4.87. The average Bonchev–Trinajstić information content (AvgIpc) is 3.10. The Labute approximate surface area is 95.0 Å². The highest BCUT2D eigenvalue weighted by molar-refractivity contribution is 5.81. The van der Waals surface area contributed by atoms with Gasteiger partial charge < -0.3 is 20.6 Å². The van der Waals surface area contributed by atoms with Crippen LogP contribution in [0.5, 0.6) is 0 Å². The highest BCUT2D eigenvalue weighted by Crippen LogP contribution is 2.27. The molecule has 16 heavy (non-hydrogen) atoms. The Hall–Kier alpha value is -1.30. The Balaban J connectivity index is 2.38. The molecule has 0 aliphatic heterocycles. The molecule has 0 aromatic carbocycles. The highest BCUT2D eigenvalue weighted by Gasteiger charge is 2.31. The first kappa shape index (κ1) is 12.8. The molecule has 0 spiro atoms. The summed E-state index contributed by atoms with van der Waals surface area (Å²) in [5, 5.41) is 11.3. The molecule has 1 fully saturated rings. The quantitative estimate of drug-likeness (QED) is 0.281. The zero-order valence-electron chi connectivity index (χ0n) is 9.56. The van der Waals surface area contributed by atoms with Crippen LogP contribution in [0.25, 0.3) is 0 Å². The van der Waals surface area contributed by atoms with E-state index in [2.05, 4.69) is 5.16 Å². The molecule has 1 saturated carbocycles. The molecular weight excluding hydrogens is 210 g/mol. The minimum Gasteiger partial charge on any atom is -0.409 e. The molecule has 1 aliphatic carbocycles. The number of amides is 1. The van der Waals surface area contributed by atoms with Gasteiger partial charge in [0.25, 0.3) is 0 Å². The lowest BCUT2D eigenvalue weighted by molar-refractivity contribution is -0.132. The van der Waals surface area contributed by atoms with Crippen LogP contribution in [0.1, 0.15) is 25.7 Å². The van der Waals surface area contributed by atoms with Crippen LogP contribution in [0, 0.1) is 0 Å². The second-order valence-corrected chi connectivity index (χ2v) is 3.90. The molecule has 0 atom stereocenters. The van der Waals surface area contributed by atoms with E-state index in [-0.39, 0.29) is 11.7 Å². The molecule has 1 rings (SSSR count). The van der Waals surface area contributed by atoms with Gasteiger partial charge in [-0.3, -0.25) is 4.79 Å². The third-order valence-corrected chi connectivity index (χ3v) is 2.57. The maximum atomic E-state index is 11.8. The Morgan fingerprint density at radius 3 is 2.75 bits per heavy atom. The number of hydrogen-bond donors (Lipinski definition) is 2. The number of carbonyl (C=O) groups excluding carboxylic acids is 1. The topological polar surface area (TPSA) is 88.2 Å². The van der Waals surface area contributed by atoms with E-state index >= 15 is 0 Å². The van der Waals surface area contributed by atoms with Gasteiger partial charge in [-0.25, -0.2) is 0 Å². The van der Waals surface area contributed by atoms with Crippen LogP contribution in [0.2, 0.25) is 0 Å². The van der Waals surface area contributed by atoms with Gasteiger partial charge in [0.2, 0.25) is 5.91 Å². The first-order valence-electron chi connectivity index (χ1n) is 5.43. The molecule has 0 bridgehead atoms. The van der Waals surface area contributed by atoms with Crippen LogP contribution in [0.3, 0.4) is 0 Å². The second kappa shape index (κ2) is 6.32. The van der Waals surface area contributed by atoms with E-state index in [4.69, 9.17) is 15.7 Å².